The summed E-state index contributed by atoms with van der Waals surface area (Å²) in [4.78, 5) is 17.6. The molecule has 0 bridgehead atoms. The molecule has 2 heterocycles. The molecule has 7 nitrogen and oxygen atoms in total. The number of rotatable bonds is 8. The monoisotopic (exact) mass is 503 g/mol. The van der Waals surface area contributed by atoms with Gasteiger partial charge in [0.15, 0.2) is 0 Å². The first-order chi connectivity index (χ1) is 17.4. The van der Waals surface area contributed by atoms with Crippen molar-refractivity contribution in [2.45, 2.75) is 56.6 Å². The number of nitrogens with one attached hydrogen (secondary N) is 1. The Hall–Kier alpha value is -3.39. The van der Waals surface area contributed by atoms with E-state index in [0.717, 1.165) is 53.2 Å². The molecule has 2 aromatic heterocycles. The van der Waals surface area contributed by atoms with Gasteiger partial charge in [-0.3, -0.25) is 5.32 Å². The van der Waals surface area contributed by atoms with Crippen molar-refractivity contribution in [3.8, 4) is 11.3 Å². The molecule has 5 rings (SSSR count). The number of hydrogen-bond acceptors (Lipinski definition) is 5. The Morgan fingerprint density at radius 2 is 2.00 bits per heavy atom. The van der Waals surface area contributed by atoms with Gasteiger partial charge in [-0.05, 0) is 63.4 Å². The van der Waals surface area contributed by atoms with Crippen molar-refractivity contribution < 1.29 is 9.53 Å². The number of aromatic nitrogens is 3. The summed E-state index contributed by atoms with van der Waals surface area (Å²) < 4.78 is 9.70. The first-order valence-corrected chi connectivity index (χ1v) is 13.5. The summed E-state index contributed by atoms with van der Waals surface area (Å²) in [6.07, 6.45) is 7.70. The number of nitrogens with zero attached hydrogens (tertiary/aromatic N) is 3. The molecule has 0 radical (unpaired) electrons. The van der Waals surface area contributed by atoms with Crippen LogP contribution in [-0.2, 0) is 18.2 Å². The molecular weight excluding hydrogens is 470 g/mol. The van der Waals surface area contributed by atoms with Gasteiger partial charge < -0.3 is 19.6 Å². The number of carbonyl (C=O) groups excluding carboxylic acids is 1. The average molecular weight is 504 g/mol. The molecule has 0 saturated heterocycles. The Labute approximate surface area is 216 Å². The maximum atomic E-state index is 12.0. The van der Waals surface area contributed by atoms with Gasteiger partial charge in [0.25, 0.3) is 0 Å². The average Bonchev–Trinajstić information content (AvgIpc) is 3.33. The van der Waals surface area contributed by atoms with E-state index >= 15 is 0 Å². The van der Waals surface area contributed by atoms with E-state index in [1.54, 1.807) is 0 Å². The highest BCUT2D eigenvalue weighted by Gasteiger charge is 2.27. The Kier molecular flexibility index (Phi) is 6.96. The Bertz CT molecular complexity index is 1370. The SMILES string of the molecule is CC(C)OC(=O)Nc1ccc(-c2c(N)c3ccc(SCCc4nccn4C)cc3n2C2CCC2)cc1. The highest BCUT2D eigenvalue weighted by Crippen LogP contribution is 2.45. The van der Waals surface area contributed by atoms with Crippen LogP contribution in [0.1, 0.15) is 45.0 Å². The number of thioether (sulfide) groups is 1. The van der Waals surface area contributed by atoms with Crippen LogP contribution in [0.3, 0.4) is 0 Å². The number of carbonyl (C=O) groups is 1. The van der Waals surface area contributed by atoms with Crippen molar-refractivity contribution in [3.63, 3.8) is 0 Å². The van der Waals surface area contributed by atoms with Gasteiger partial charge in [-0.1, -0.05) is 12.1 Å². The van der Waals surface area contributed by atoms with Crippen LogP contribution in [-0.4, -0.2) is 32.1 Å². The number of amides is 1. The van der Waals surface area contributed by atoms with E-state index in [1.165, 1.54) is 16.8 Å². The van der Waals surface area contributed by atoms with E-state index in [9.17, 15) is 4.79 Å². The van der Waals surface area contributed by atoms with Crippen LogP contribution < -0.4 is 11.1 Å². The van der Waals surface area contributed by atoms with Crippen LogP contribution in [0.25, 0.3) is 22.2 Å². The van der Waals surface area contributed by atoms with Crippen LogP contribution in [0.4, 0.5) is 16.2 Å². The summed E-state index contributed by atoms with van der Waals surface area (Å²) in [5.41, 5.74) is 11.6. The standard InChI is InChI=1S/C28H33N5O2S/c1-18(2)35-28(34)31-20-9-7-19(8-10-20)27-26(29)23-12-11-22(17-24(23)33(27)21-5-4-6-21)36-16-13-25-30-14-15-32(25)3/h7-12,14-15,17-18,21H,4-6,13,16,29H2,1-3H3,(H,31,34). The topological polar surface area (TPSA) is 87.1 Å². The van der Waals surface area contributed by atoms with Gasteiger partial charge >= 0.3 is 6.09 Å². The predicted molar refractivity (Wildman–Crippen MR) is 148 cm³/mol. The first-order valence-electron chi connectivity index (χ1n) is 12.5. The minimum atomic E-state index is -0.450. The van der Waals surface area contributed by atoms with Crippen molar-refractivity contribution in [1.82, 2.24) is 14.1 Å². The molecule has 0 spiro atoms. The minimum absolute atomic E-state index is 0.167. The first kappa shape index (κ1) is 24.3. The second-order valence-electron chi connectivity index (χ2n) is 9.61. The van der Waals surface area contributed by atoms with Crippen molar-refractivity contribution in [3.05, 3.63) is 60.7 Å². The lowest BCUT2D eigenvalue weighted by atomic mass is 9.92. The summed E-state index contributed by atoms with van der Waals surface area (Å²) in [6.45, 7) is 3.66. The normalized spacial score (nSPS) is 13.8. The lowest BCUT2D eigenvalue weighted by molar-refractivity contribution is 0.130. The number of ether oxygens (including phenoxy) is 1. The third kappa shape index (κ3) is 4.95. The summed E-state index contributed by atoms with van der Waals surface area (Å²) >= 11 is 1.85. The fraction of sp³-hybridized carbons (Fsp3) is 0.357. The second-order valence-corrected chi connectivity index (χ2v) is 10.8. The molecule has 1 aliphatic rings. The molecule has 0 atom stereocenters. The number of benzene rings is 2. The van der Waals surface area contributed by atoms with Crippen molar-refractivity contribution in [2.75, 3.05) is 16.8 Å². The number of fused-ring (bicyclic) bond motifs is 1. The van der Waals surface area contributed by atoms with Gasteiger partial charge in [-0.25, -0.2) is 9.78 Å². The van der Waals surface area contributed by atoms with Crippen molar-refractivity contribution in [1.29, 1.82) is 0 Å². The number of nitrogen functional groups attached to an aromatic ring is 1. The molecule has 1 aliphatic carbocycles. The summed E-state index contributed by atoms with van der Waals surface area (Å²) in [6, 6.07) is 14.9. The zero-order chi connectivity index (χ0) is 25.2. The van der Waals surface area contributed by atoms with Crippen LogP contribution in [0.5, 0.6) is 0 Å². The van der Waals surface area contributed by atoms with E-state index in [0.29, 0.717) is 11.7 Å². The van der Waals surface area contributed by atoms with E-state index in [2.05, 4.69) is 37.6 Å². The van der Waals surface area contributed by atoms with E-state index in [4.69, 9.17) is 10.5 Å². The maximum absolute atomic E-state index is 12.0. The molecular formula is C28H33N5O2S. The van der Waals surface area contributed by atoms with Crippen molar-refractivity contribution in [2.24, 2.45) is 7.05 Å². The van der Waals surface area contributed by atoms with Crippen molar-refractivity contribution >= 4 is 40.1 Å². The van der Waals surface area contributed by atoms with Gasteiger partial charge in [-0.2, -0.15) is 0 Å². The number of imidazole rings is 1. The Morgan fingerprint density at radius 1 is 1.22 bits per heavy atom. The zero-order valence-electron chi connectivity index (χ0n) is 21.0. The Balaban J connectivity index is 1.42. The molecule has 0 unspecified atom stereocenters. The highest BCUT2D eigenvalue weighted by atomic mass is 32.2. The van der Waals surface area contributed by atoms with Gasteiger partial charge in [0.05, 0.1) is 23.0 Å². The molecule has 2 aromatic carbocycles. The third-order valence-corrected chi connectivity index (χ3v) is 7.71. The molecule has 3 N–H and O–H groups in total. The quantitative estimate of drug-likeness (QED) is 0.263. The van der Waals surface area contributed by atoms with Crippen LogP contribution in [0.15, 0.2) is 59.8 Å². The predicted octanol–water partition coefficient (Wildman–Crippen LogP) is 6.64. The molecule has 1 fully saturated rings. The zero-order valence-corrected chi connectivity index (χ0v) is 21.8. The van der Waals surface area contributed by atoms with Gasteiger partial charge in [-0.15, -0.1) is 11.8 Å². The third-order valence-electron chi connectivity index (χ3n) is 6.72. The number of anilines is 2. The molecule has 188 valence electrons. The Morgan fingerprint density at radius 3 is 2.64 bits per heavy atom. The molecule has 4 aromatic rings. The summed E-state index contributed by atoms with van der Waals surface area (Å²) in [5, 5.41) is 3.88. The second kappa shape index (κ2) is 10.3. The largest absolute Gasteiger partial charge is 0.447 e. The molecule has 36 heavy (non-hydrogen) atoms. The lowest BCUT2D eigenvalue weighted by Gasteiger charge is -2.30. The lowest BCUT2D eigenvalue weighted by Crippen LogP contribution is -2.18. The minimum Gasteiger partial charge on any atom is -0.447 e. The smallest absolute Gasteiger partial charge is 0.411 e. The highest BCUT2D eigenvalue weighted by molar-refractivity contribution is 7.99. The van der Waals surface area contributed by atoms with E-state index < -0.39 is 6.09 Å². The van der Waals surface area contributed by atoms with Crippen LogP contribution in [0.2, 0.25) is 0 Å². The van der Waals surface area contributed by atoms with Crippen LogP contribution in [0, 0.1) is 0 Å². The van der Waals surface area contributed by atoms with E-state index in [1.807, 2.05) is 69.3 Å². The van der Waals surface area contributed by atoms with Gasteiger partial charge in [0.1, 0.15) is 5.82 Å². The number of nitrogens with two attached hydrogens (primary N) is 1. The summed E-state index contributed by atoms with van der Waals surface area (Å²) in [7, 11) is 2.04. The molecule has 1 saturated carbocycles. The number of aryl methyl sites for hydroxylation is 2. The van der Waals surface area contributed by atoms with Gasteiger partial charge in [0.2, 0.25) is 0 Å². The maximum Gasteiger partial charge on any atom is 0.411 e. The summed E-state index contributed by atoms with van der Waals surface area (Å²) in [5.74, 6) is 2.07. The van der Waals surface area contributed by atoms with Gasteiger partial charge in [0, 0.05) is 59.2 Å². The molecule has 1 amide bonds. The molecule has 8 heteroatoms. The fourth-order valence-corrected chi connectivity index (χ4v) is 5.57. The van der Waals surface area contributed by atoms with E-state index in [-0.39, 0.29) is 6.10 Å². The fourth-order valence-electron chi connectivity index (χ4n) is 4.70. The number of hydrogen-bond donors (Lipinski definition) is 2. The van der Waals surface area contributed by atoms with Crippen LogP contribution >= 0.6 is 11.8 Å². The molecule has 0 aliphatic heterocycles.